The second-order valence-electron chi connectivity index (χ2n) is 3.78. The van der Waals surface area contributed by atoms with E-state index in [0.717, 1.165) is 5.56 Å². The van der Waals surface area contributed by atoms with Gasteiger partial charge >= 0.3 is 0 Å². The average Bonchev–Trinajstić information content (AvgIpc) is 2.39. The lowest BCUT2D eigenvalue weighted by molar-refractivity contribution is 0.416. The Hall–Kier alpha value is -2.30. The molecule has 0 spiro atoms. The number of halogens is 1. The van der Waals surface area contributed by atoms with Gasteiger partial charge in [-0.15, -0.1) is 0 Å². The first-order valence-corrected chi connectivity index (χ1v) is 5.46. The zero-order valence-corrected chi connectivity index (χ0v) is 9.98. The maximum absolute atomic E-state index is 13.7. The monoisotopic (exact) mass is 247 g/mol. The van der Waals surface area contributed by atoms with Crippen LogP contribution in [-0.2, 0) is 6.54 Å². The number of hydrogen-bond donors (Lipinski definition) is 2. The molecule has 0 aliphatic carbocycles. The summed E-state index contributed by atoms with van der Waals surface area (Å²) in [4.78, 5) is 3.92. The highest BCUT2D eigenvalue weighted by atomic mass is 19.1. The molecule has 0 fully saturated rings. The molecule has 2 aromatic rings. The van der Waals surface area contributed by atoms with Crippen molar-refractivity contribution >= 4 is 11.4 Å². The topological polar surface area (TPSA) is 60.2 Å². The molecular formula is C13H14FN3O. The molecule has 0 saturated heterocycles. The molecule has 94 valence electrons. The van der Waals surface area contributed by atoms with Crippen LogP contribution in [-0.4, -0.2) is 12.1 Å². The van der Waals surface area contributed by atoms with Crippen molar-refractivity contribution < 1.29 is 9.13 Å². The fourth-order valence-electron chi connectivity index (χ4n) is 1.58. The highest BCUT2D eigenvalue weighted by molar-refractivity contribution is 5.62. The molecule has 1 aromatic carbocycles. The van der Waals surface area contributed by atoms with Crippen molar-refractivity contribution in [2.75, 3.05) is 18.2 Å². The third-order valence-electron chi connectivity index (χ3n) is 2.55. The second kappa shape index (κ2) is 5.35. The van der Waals surface area contributed by atoms with Crippen LogP contribution in [0.15, 0.2) is 36.7 Å². The summed E-state index contributed by atoms with van der Waals surface area (Å²) in [5.41, 5.74) is 7.26. The van der Waals surface area contributed by atoms with Crippen molar-refractivity contribution in [3.63, 3.8) is 0 Å². The Morgan fingerprint density at radius 2 is 2.06 bits per heavy atom. The zero-order chi connectivity index (χ0) is 13.0. The minimum atomic E-state index is -0.401. The molecule has 5 heteroatoms. The number of rotatable bonds is 4. The number of nitrogens with zero attached hydrogens (tertiary/aromatic N) is 1. The van der Waals surface area contributed by atoms with Gasteiger partial charge in [0, 0.05) is 31.1 Å². The smallest absolute Gasteiger partial charge is 0.148 e. The van der Waals surface area contributed by atoms with Crippen LogP contribution < -0.4 is 15.8 Å². The quantitative estimate of drug-likeness (QED) is 0.814. The van der Waals surface area contributed by atoms with Gasteiger partial charge in [-0.05, 0) is 17.7 Å². The van der Waals surface area contributed by atoms with Crippen molar-refractivity contribution in [1.29, 1.82) is 0 Å². The summed E-state index contributed by atoms with van der Waals surface area (Å²) in [5, 5.41) is 2.99. The predicted octanol–water partition coefficient (Wildman–Crippen LogP) is 2.42. The van der Waals surface area contributed by atoms with Gasteiger partial charge < -0.3 is 15.8 Å². The van der Waals surface area contributed by atoms with E-state index in [1.54, 1.807) is 18.5 Å². The van der Waals surface area contributed by atoms with E-state index in [-0.39, 0.29) is 5.69 Å². The van der Waals surface area contributed by atoms with E-state index in [1.165, 1.54) is 13.2 Å². The van der Waals surface area contributed by atoms with E-state index in [1.807, 2.05) is 12.1 Å². The van der Waals surface area contributed by atoms with Crippen LogP contribution in [0.1, 0.15) is 5.56 Å². The number of nitrogens with two attached hydrogens (primary N) is 1. The summed E-state index contributed by atoms with van der Waals surface area (Å²) < 4.78 is 18.7. The molecule has 0 atom stereocenters. The lowest BCUT2D eigenvalue weighted by atomic mass is 10.2. The molecule has 0 radical (unpaired) electrons. The van der Waals surface area contributed by atoms with E-state index >= 15 is 0 Å². The van der Waals surface area contributed by atoms with Gasteiger partial charge in [-0.3, -0.25) is 4.98 Å². The van der Waals surface area contributed by atoms with E-state index in [9.17, 15) is 4.39 Å². The Bertz CT molecular complexity index is 531. The number of nitrogens with one attached hydrogen (secondary N) is 1. The van der Waals surface area contributed by atoms with Gasteiger partial charge in [0.05, 0.1) is 18.5 Å². The van der Waals surface area contributed by atoms with Gasteiger partial charge in [-0.1, -0.05) is 0 Å². The lowest BCUT2D eigenvalue weighted by Crippen LogP contribution is -2.03. The number of aromatic nitrogens is 1. The summed E-state index contributed by atoms with van der Waals surface area (Å²) >= 11 is 0. The highest BCUT2D eigenvalue weighted by Gasteiger charge is 2.07. The van der Waals surface area contributed by atoms with Crippen molar-refractivity contribution in [3.8, 4) is 5.75 Å². The molecule has 0 aliphatic rings. The molecule has 1 heterocycles. The summed E-state index contributed by atoms with van der Waals surface area (Å²) in [6.07, 6.45) is 3.38. The molecule has 2 rings (SSSR count). The Morgan fingerprint density at radius 3 is 2.72 bits per heavy atom. The van der Waals surface area contributed by atoms with Crippen LogP contribution in [0.2, 0.25) is 0 Å². The summed E-state index contributed by atoms with van der Waals surface area (Å²) in [6, 6.07) is 6.51. The standard InChI is InChI=1S/C13H14FN3O/c1-18-13-7-12(10(14)6-11(13)15)17-8-9-2-4-16-5-3-9/h2-7,17H,8,15H2,1H3. The van der Waals surface area contributed by atoms with Crippen molar-refractivity contribution in [2.24, 2.45) is 0 Å². The number of methoxy groups -OCH3 is 1. The Labute approximate surface area is 105 Å². The van der Waals surface area contributed by atoms with Crippen LogP contribution in [0.5, 0.6) is 5.75 Å². The number of ether oxygens (including phenoxy) is 1. The third kappa shape index (κ3) is 2.68. The molecule has 0 bridgehead atoms. The van der Waals surface area contributed by atoms with Crippen LogP contribution in [0.25, 0.3) is 0 Å². The van der Waals surface area contributed by atoms with Gasteiger partial charge in [0.1, 0.15) is 11.6 Å². The molecular weight excluding hydrogens is 233 g/mol. The van der Waals surface area contributed by atoms with Gasteiger partial charge in [0.25, 0.3) is 0 Å². The predicted molar refractivity (Wildman–Crippen MR) is 68.9 cm³/mol. The zero-order valence-electron chi connectivity index (χ0n) is 9.98. The fourth-order valence-corrected chi connectivity index (χ4v) is 1.58. The third-order valence-corrected chi connectivity index (χ3v) is 2.55. The molecule has 3 N–H and O–H groups in total. The van der Waals surface area contributed by atoms with Crippen LogP contribution >= 0.6 is 0 Å². The SMILES string of the molecule is COc1cc(NCc2ccncc2)c(F)cc1N. The molecule has 0 amide bonds. The first-order chi connectivity index (χ1) is 8.70. The lowest BCUT2D eigenvalue weighted by Gasteiger charge is -2.11. The first-order valence-electron chi connectivity index (χ1n) is 5.46. The Kier molecular flexibility index (Phi) is 3.62. The number of pyridine rings is 1. The van der Waals surface area contributed by atoms with Gasteiger partial charge in [-0.25, -0.2) is 4.39 Å². The fraction of sp³-hybridized carbons (Fsp3) is 0.154. The number of hydrogen-bond acceptors (Lipinski definition) is 4. The van der Waals surface area contributed by atoms with E-state index in [2.05, 4.69) is 10.3 Å². The largest absolute Gasteiger partial charge is 0.495 e. The summed E-state index contributed by atoms with van der Waals surface area (Å²) in [5.74, 6) is 0.0518. The van der Waals surface area contributed by atoms with Gasteiger partial charge in [0.15, 0.2) is 0 Å². The molecule has 0 aliphatic heterocycles. The van der Waals surface area contributed by atoms with E-state index < -0.39 is 5.82 Å². The van der Waals surface area contributed by atoms with Crippen molar-refractivity contribution in [3.05, 3.63) is 48.0 Å². The Morgan fingerprint density at radius 1 is 1.33 bits per heavy atom. The summed E-state index contributed by atoms with van der Waals surface area (Å²) in [6.45, 7) is 0.506. The van der Waals surface area contributed by atoms with Gasteiger partial charge in [0.2, 0.25) is 0 Å². The van der Waals surface area contributed by atoms with Crippen LogP contribution in [0.3, 0.4) is 0 Å². The van der Waals surface area contributed by atoms with Crippen molar-refractivity contribution in [2.45, 2.75) is 6.54 Å². The molecule has 1 aromatic heterocycles. The normalized spacial score (nSPS) is 10.1. The van der Waals surface area contributed by atoms with E-state index in [4.69, 9.17) is 10.5 Å². The minimum absolute atomic E-state index is 0.282. The number of benzene rings is 1. The highest BCUT2D eigenvalue weighted by Crippen LogP contribution is 2.28. The minimum Gasteiger partial charge on any atom is -0.495 e. The molecule has 4 nitrogen and oxygen atoms in total. The number of anilines is 2. The maximum atomic E-state index is 13.7. The maximum Gasteiger partial charge on any atom is 0.148 e. The van der Waals surface area contributed by atoms with Crippen molar-refractivity contribution in [1.82, 2.24) is 4.98 Å². The molecule has 0 saturated carbocycles. The average molecular weight is 247 g/mol. The van der Waals surface area contributed by atoms with Crippen LogP contribution in [0.4, 0.5) is 15.8 Å². The van der Waals surface area contributed by atoms with Gasteiger partial charge in [-0.2, -0.15) is 0 Å². The van der Waals surface area contributed by atoms with E-state index in [0.29, 0.717) is 18.0 Å². The second-order valence-corrected chi connectivity index (χ2v) is 3.78. The number of nitrogen functional groups attached to an aromatic ring is 1. The molecule has 0 unspecified atom stereocenters. The first kappa shape index (κ1) is 12.2. The molecule has 18 heavy (non-hydrogen) atoms. The Balaban J connectivity index is 2.14. The summed E-state index contributed by atoms with van der Waals surface area (Å²) in [7, 11) is 1.50. The van der Waals surface area contributed by atoms with Crippen LogP contribution in [0, 0.1) is 5.82 Å².